The van der Waals surface area contributed by atoms with Crippen LogP contribution in [-0.2, 0) is 11.2 Å². The zero-order valence-corrected chi connectivity index (χ0v) is 14.5. The van der Waals surface area contributed by atoms with Gasteiger partial charge in [0, 0.05) is 30.7 Å². The second kappa shape index (κ2) is 6.66. The summed E-state index contributed by atoms with van der Waals surface area (Å²) < 4.78 is 6.57. The average molecular weight is 351 g/mol. The van der Waals surface area contributed by atoms with Gasteiger partial charge in [-0.2, -0.15) is 0 Å². The molecule has 0 aliphatic carbocycles. The first kappa shape index (κ1) is 15.8. The number of hydrogen-bond donors (Lipinski definition) is 1. The van der Waals surface area contributed by atoms with E-state index < -0.39 is 0 Å². The molecule has 0 saturated heterocycles. The third-order valence-corrected chi connectivity index (χ3v) is 5.05. The van der Waals surface area contributed by atoms with Crippen molar-refractivity contribution in [1.82, 2.24) is 14.6 Å². The average Bonchev–Trinajstić information content (AvgIpc) is 3.27. The summed E-state index contributed by atoms with van der Waals surface area (Å²) in [4.78, 5) is 18.0. The lowest BCUT2D eigenvalue weighted by Gasteiger charge is -2.01. The van der Waals surface area contributed by atoms with E-state index in [2.05, 4.69) is 33.7 Å². The number of nitrogens with one attached hydrogen (secondary N) is 1. The van der Waals surface area contributed by atoms with Gasteiger partial charge in [0.15, 0.2) is 5.65 Å². The standard InChI is InChI=1S/C19H17N3O2S/c1-24-8-7-15-10-18(23)22-19(21-15)16(11-20-22)17-9-14(12-25-17)13-5-3-2-4-6-13/h2-6,9-12,20H,7-8H2,1H3. The number of benzene rings is 1. The van der Waals surface area contributed by atoms with Crippen LogP contribution in [-0.4, -0.2) is 28.3 Å². The van der Waals surface area contributed by atoms with Crippen molar-refractivity contribution >= 4 is 17.0 Å². The molecule has 4 aromatic rings. The lowest BCUT2D eigenvalue weighted by atomic mass is 10.1. The van der Waals surface area contributed by atoms with Crippen molar-refractivity contribution < 1.29 is 4.74 Å². The number of fused-ring (bicyclic) bond motifs is 1. The van der Waals surface area contributed by atoms with Crippen LogP contribution in [0.5, 0.6) is 0 Å². The molecule has 0 unspecified atom stereocenters. The summed E-state index contributed by atoms with van der Waals surface area (Å²) in [5.74, 6) is 0. The number of ether oxygens (including phenoxy) is 1. The van der Waals surface area contributed by atoms with Crippen molar-refractivity contribution in [2.24, 2.45) is 0 Å². The molecule has 1 aromatic carbocycles. The van der Waals surface area contributed by atoms with Crippen LogP contribution in [0.1, 0.15) is 5.69 Å². The van der Waals surface area contributed by atoms with E-state index in [1.165, 1.54) is 10.1 Å². The smallest absolute Gasteiger partial charge is 0.272 e. The SMILES string of the molecule is COCCc1cc(=O)n2[nH]cc(-c3cc(-c4ccccc4)cs3)c2n1. The van der Waals surface area contributed by atoms with E-state index in [4.69, 9.17) is 4.74 Å². The van der Waals surface area contributed by atoms with Crippen LogP contribution in [0, 0.1) is 0 Å². The first-order chi connectivity index (χ1) is 12.3. The summed E-state index contributed by atoms with van der Waals surface area (Å²) >= 11 is 1.65. The zero-order valence-electron chi connectivity index (χ0n) is 13.7. The molecule has 0 spiro atoms. The van der Waals surface area contributed by atoms with E-state index in [9.17, 15) is 4.79 Å². The second-order valence-electron chi connectivity index (χ2n) is 5.74. The van der Waals surface area contributed by atoms with Gasteiger partial charge in [0.2, 0.25) is 0 Å². The highest BCUT2D eigenvalue weighted by molar-refractivity contribution is 7.14. The van der Waals surface area contributed by atoms with Crippen molar-refractivity contribution in [1.29, 1.82) is 0 Å². The maximum Gasteiger partial charge on any atom is 0.272 e. The fourth-order valence-corrected chi connectivity index (χ4v) is 3.73. The molecule has 0 radical (unpaired) electrons. The molecule has 0 bridgehead atoms. The predicted molar refractivity (Wildman–Crippen MR) is 100 cm³/mol. The Bertz CT molecular complexity index is 1060. The van der Waals surface area contributed by atoms with Crippen LogP contribution in [0.15, 0.2) is 58.8 Å². The third-order valence-electron chi connectivity index (χ3n) is 4.09. The summed E-state index contributed by atoms with van der Waals surface area (Å²) in [6.07, 6.45) is 2.46. The van der Waals surface area contributed by atoms with Crippen LogP contribution in [0.25, 0.3) is 27.2 Å². The van der Waals surface area contributed by atoms with Crippen molar-refractivity contribution in [3.63, 3.8) is 0 Å². The minimum atomic E-state index is -0.109. The molecule has 0 aliphatic heterocycles. The molecule has 3 aromatic heterocycles. The predicted octanol–water partition coefficient (Wildman–Crippen LogP) is 3.61. The molecule has 3 heterocycles. The van der Waals surface area contributed by atoms with Crippen LogP contribution < -0.4 is 5.56 Å². The Morgan fingerprint density at radius 2 is 2.04 bits per heavy atom. The first-order valence-electron chi connectivity index (χ1n) is 7.99. The zero-order chi connectivity index (χ0) is 17.2. The van der Waals surface area contributed by atoms with Gasteiger partial charge < -0.3 is 4.74 Å². The normalized spacial score (nSPS) is 11.2. The molecule has 25 heavy (non-hydrogen) atoms. The molecule has 6 heteroatoms. The number of methoxy groups -OCH3 is 1. The largest absolute Gasteiger partial charge is 0.384 e. The van der Waals surface area contributed by atoms with Crippen molar-refractivity contribution in [3.8, 4) is 21.6 Å². The molecule has 5 nitrogen and oxygen atoms in total. The fourth-order valence-electron chi connectivity index (χ4n) is 2.80. The molecule has 126 valence electrons. The van der Waals surface area contributed by atoms with E-state index in [0.29, 0.717) is 18.7 Å². The maximum absolute atomic E-state index is 12.3. The van der Waals surface area contributed by atoms with Gasteiger partial charge in [-0.05, 0) is 22.6 Å². The first-order valence-corrected chi connectivity index (χ1v) is 8.87. The number of thiophene rings is 1. The van der Waals surface area contributed by atoms with Gasteiger partial charge in [-0.3, -0.25) is 9.89 Å². The number of aromatic nitrogens is 3. The van der Waals surface area contributed by atoms with Gasteiger partial charge in [0.05, 0.1) is 17.9 Å². The highest BCUT2D eigenvalue weighted by Gasteiger charge is 2.13. The van der Waals surface area contributed by atoms with Gasteiger partial charge in [-0.25, -0.2) is 9.50 Å². The molecular formula is C19H17N3O2S. The van der Waals surface area contributed by atoms with Crippen molar-refractivity contribution in [2.45, 2.75) is 6.42 Å². The minimum Gasteiger partial charge on any atom is -0.384 e. The Hall–Kier alpha value is -2.70. The van der Waals surface area contributed by atoms with Gasteiger partial charge in [-0.15, -0.1) is 11.3 Å². The van der Waals surface area contributed by atoms with E-state index in [-0.39, 0.29) is 5.56 Å². The van der Waals surface area contributed by atoms with Crippen molar-refractivity contribution in [3.05, 3.63) is 70.1 Å². The van der Waals surface area contributed by atoms with Gasteiger partial charge in [0.1, 0.15) is 0 Å². The quantitative estimate of drug-likeness (QED) is 0.597. The summed E-state index contributed by atoms with van der Waals surface area (Å²) in [7, 11) is 1.64. The highest BCUT2D eigenvalue weighted by Crippen LogP contribution is 2.33. The van der Waals surface area contributed by atoms with Gasteiger partial charge >= 0.3 is 0 Å². The summed E-state index contributed by atoms with van der Waals surface area (Å²) in [5.41, 5.74) is 4.56. The molecule has 0 fully saturated rings. The second-order valence-corrected chi connectivity index (χ2v) is 6.65. The molecular weight excluding hydrogens is 334 g/mol. The van der Waals surface area contributed by atoms with E-state index >= 15 is 0 Å². The molecule has 0 aliphatic rings. The van der Waals surface area contributed by atoms with E-state index in [0.717, 1.165) is 21.7 Å². The van der Waals surface area contributed by atoms with Gasteiger partial charge in [-0.1, -0.05) is 30.3 Å². The molecule has 4 rings (SSSR count). The molecule has 0 amide bonds. The van der Waals surface area contributed by atoms with Crippen LogP contribution in [0.4, 0.5) is 0 Å². The fraction of sp³-hybridized carbons (Fsp3) is 0.158. The summed E-state index contributed by atoms with van der Waals surface area (Å²) in [6, 6.07) is 13.9. The third kappa shape index (κ3) is 3.01. The number of H-pyrrole nitrogens is 1. The highest BCUT2D eigenvalue weighted by atomic mass is 32.1. The topological polar surface area (TPSA) is 59.4 Å². The Balaban J connectivity index is 1.78. The Morgan fingerprint density at radius 3 is 2.84 bits per heavy atom. The maximum atomic E-state index is 12.3. The van der Waals surface area contributed by atoms with Crippen LogP contribution in [0.3, 0.4) is 0 Å². The number of aromatic amines is 1. The molecule has 0 atom stereocenters. The minimum absolute atomic E-state index is 0.109. The number of nitrogens with zero attached hydrogens (tertiary/aromatic N) is 2. The lowest BCUT2D eigenvalue weighted by Crippen LogP contribution is -2.16. The Morgan fingerprint density at radius 1 is 1.20 bits per heavy atom. The molecule has 0 saturated carbocycles. The monoisotopic (exact) mass is 351 g/mol. The van der Waals surface area contributed by atoms with Crippen LogP contribution in [0.2, 0.25) is 0 Å². The Labute approximate surface area is 148 Å². The number of rotatable bonds is 5. The Kier molecular flexibility index (Phi) is 4.21. The van der Waals surface area contributed by atoms with Crippen LogP contribution >= 0.6 is 11.3 Å². The summed E-state index contributed by atoms with van der Waals surface area (Å²) in [6.45, 7) is 0.541. The van der Waals surface area contributed by atoms with Gasteiger partial charge in [0.25, 0.3) is 5.56 Å². The summed E-state index contributed by atoms with van der Waals surface area (Å²) in [5, 5.41) is 5.13. The van der Waals surface area contributed by atoms with E-state index in [1.54, 1.807) is 24.5 Å². The van der Waals surface area contributed by atoms with Crippen molar-refractivity contribution in [2.75, 3.05) is 13.7 Å². The lowest BCUT2D eigenvalue weighted by molar-refractivity contribution is 0.201. The van der Waals surface area contributed by atoms with E-state index in [1.807, 2.05) is 24.4 Å². The molecule has 1 N–H and O–H groups in total. The number of hydrogen-bond acceptors (Lipinski definition) is 4.